The zero-order valence-corrected chi connectivity index (χ0v) is 22.6. The van der Waals surface area contributed by atoms with E-state index in [0.29, 0.717) is 11.8 Å². The van der Waals surface area contributed by atoms with Gasteiger partial charge in [-0.05, 0) is 68.2 Å². The predicted octanol–water partition coefficient (Wildman–Crippen LogP) is 6.27. The fourth-order valence-electron chi connectivity index (χ4n) is 5.41. The van der Waals surface area contributed by atoms with Crippen LogP contribution in [0.1, 0.15) is 82.7 Å². The van der Waals surface area contributed by atoms with Crippen molar-refractivity contribution in [2.75, 3.05) is 26.2 Å². The van der Waals surface area contributed by atoms with Crippen LogP contribution in [-0.2, 0) is 11.3 Å². The van der Waals surface area contributed by atoms with Gasteiger partial charge in [0.15, 0.2) is 0 Å². The molecule has 0 aromatic carbocycles. The van der Waals surface area contributed by atoms with Crippen LogP contribution in [0.25, 0.3) is 11.2 Å². The Morgan fingerprint density at radius 3 is 2.60 bits per heavy atom. The summed E-state index contributed by atoms with van der Waals surface area (Å²) >= 11 is 6.37. The first-order chi connectivity index (χ1) is 16.8. The lowest BCUT2D eigenvalue weighted by Crippen LogP contribution is -2.33. The lowest BCUT2D eigenvalue weighted by Gasteiger charge is -2.25. The number of rotatable bonds is 8. The van der Waals surface area contributed by atoms with Crippen LogP contribution in [0.15, 0.2) is 36.6 Å². The van der Waals surface area contributed by atoms with Gasteiger partial charge in [-0.3, -0.25) is 9.69 Å². The molecule has 1 aliphatic carbocycles. The molecule has 2 atom stereocenters. The topological polar surface area (TPSA) is 40.9 Å². The van der Waals surface area contributed by atoms with E-state index >= 15 is 0 Å². The lowest BCUT2D eigenvalue weighted by molar-refractivity contribution is -0.128. The molecule has 0 saturated carbocycles. The summed E-state index contributed by atoms with van der Waals surface area (Å²) in [6.45, 7) is 12.7. The second kappa shape index (κ2) is 11.7. The molecule has 4 rings (SSSR count). The van der Waals surface area contributed by atoms with Crippen LogP contribution in [0.2, 0.25) is 0 Å². The number of aromatic nitrogens is 2. The number of carbonyl (C=O) groups is 1. The van der Waals surface area contributed by atoms with Crippen molar-refractivity contribution in [2.45, 2.75) is 77.6 Å². The molecule has 3 heterocycles. The molecular formula is C29H41ClN4O. The largest absolute Gasteiger partial charge is 0.342 e. The summed E-state index contributed by atoms with van der Waals surface area (Å²) < 4.78 is 2.33. The van der Waals surface area contributed by atoms with Crippen molar-refractivity contribution >= 4 is 28.7 Å². The number of alkyl halides is 1. The van der Waals surface area contributed by atoms with Gasteiger partial charge >= 0.3 is 0 Å². The molecule has 6 heteroatoms. The van der Waals surface area contributed by atoms with Gasteiger partial charge in [0.25, 0.3) is 0 Å². The van der Waals surface area contributed by atoms with Gasteiger partial charge in [0.05, 0.1) is 11.4 Å². The summed E-state index contributed by atoms with van der Waals surface area (Å²) in [5.41, 5.74) is 6.06. The smallest absolute Gasteiger partial charge is 0.219 e. The maximum Gasteiger partial charge on any atom is 0.219 e. The second-order valence-corrected chi connectivity index (χ2v) is 11.3. The Labute approximate surface area is 215 Å². The Hall–Kier alpha value is -2.11. The van der Waals surface area contributed by atoms with E-state index in [1.807, 2.05) is 4.90 Å². The van der Waals surface area contributed by atoms with Crippen LogP contribution >= 0.6 is 11.6 Å². The van der Waals surface area contributed by atoms with E-state index in [4.69, 9.17) is 16.6 Å². The number of hydrogen-bond donors (Lipinski definition) is 0. The number of hydrogen-bond acceptors (Lipinski definition) is 3. The molecule has 2 aromatic heterocycles. The van der Waals surface area contributed by atoms with Crippen LogP contribution in [0.4, 0.5) is 0 Å². The highest BCUT2D eigenvalue weighted by molar-refractivity contribution is 6.20. The Morgan fingerprint density at radius 1 is 1.09 bits per heavy atom. The van der Waals surface area contributed by atoms with Crippen molar-refractivity contribution in [1.29, 1.82) is 0 Å². The molecule has 2 unspecified atom stereocenters. The summed E-state index contributed by atoms with van der Waals surface area (Å²) in [6, 6.07) is 4.38. The molecule has 5 nitrogen and oxygen atoms in total. The Morgan fingerprint density at radius 2 is 1.91 bits per heavy atom. The molecule has 1 fully saturated rings. The highest BCUT2D eigenvalue weighted by Crippen LogP contribution is 2.34. The SMILES string of the molecule is CC(=O)N1CCCN(Cc2c(C(CCC(C)Cl)C(C)C)nc3ccc(C4=CCCC=C4)cn23)CC1. The van der Waals surface area contributed by atoms with E-state index in [2.05, 4.69) is 66.6 Å². The Kier molecular flexibility index (Phi) is 8.72. The maximum absolute atomic E-state index is 12.0. The van der Waals surface area contributed by atoms with Crippen molar-refractivity contribution < 1.29 is 4.79 Å². The molecule has 190 valence electrons. The quantitative estimate of drug-likeness (QED) is 0.404. The van der Waals surface area contributed by atoms with E-state index in [0.717, 1.165) is 70.5 Å². The third kappa shape index (κ3) is 6.37. The van der Waals surface area contributed by atoms with Crippen molar-refractivity contribution in [3.05, 3.63) is 53.5 Å². The number of nitrogens with zero attached hydrogens (tertiary/aromatic N) is 4. The van der Waals surface area contributed by atoms with Crippen molar-refractivity contribution in [3.63, 3.8) is 0 Å². The standard InChI is InChI=1S/C29H41ClN4O/c1-21(2)26(13-11-22(3)30)29-27(20-32-15-8-16-33(18-17-32)23(4)35)34-19-25(12-14-28(34)31-29)24-9-6-5-7-10-24/h6,9-10,12,14,19,21-22,26H,5,7-8,11,13,15-18,20H2,1-4H3. The van der Waals surface area contributed by atoms with Crippen LogP contribution in [0.3, 0.4) is 0 Å². The van der Waals surface area contributed by atoms with E-state index in [1.54, 1.807) is 6.92 Å². The van der Waals surface area contributed by atoms with Crippen molar-refractivity contribution in [3.8, 4) is 0 Å². The van der Waals surface area contributed by atoms with E-state index in [-0.39, 0.29) is 11.3 Å². The third-order valence-electron chi connectivity index (χ3n) is 7.52. The molecule has 1 saturated heterocycles. The van der Waals surface area contributed by atoms with Gasteiger partial charge in [0, 0.05) is 57.1 Å². The third-order valence-corrected chi connectivity index (χ3v) is 7.73. The Balaban J connectivity index is 1.72. The van der Waals surface area contributed by atoms with Gasteiger partial charge in [-0.1, -0.05) is 32.1 Å². The van der Waals surface area contributed by atoms with Gasteiger partial charge in [-0.25, -0.2) is 4.98 Å². The first-order valence-corrected chi connectivity index (χ1v) is 13.8. The number of imidazole rings is 1. The van der Waals surface area contributed by atoms with Gasteiger partial charge in [0.2, 0.25) is 5.91 Å². The lowest BCUT2D eigenvalue weighted by atomic mass is 9.86. The monoisotopic (exact) mass is 496 g/mol. The van der Waals surface area contributed by atoms with Crippen LogP contribution in [-0.4, -0.2) is 56.6 Å². The van der Waals surface area contributed by atoms with Gasteiger partial charge in [0.1, 0.15) is 5.65 Å². The number of fused-ring (bicyclic) bond motifs is 1. The van der Waals surface area contributed by atoms with Gasteiger partial charge < -0.3 is 9.30 Å². The Bertz CT molecular complexity index is 1080. The van der Waals surface area contributed by atoms with Crippen LogP contribution < -0.4 is 0 Å². The van der Waals surface area contributed by atoms with E-state index in [1.165, 1.54) is 22.5 Å². The molecule has 0 N–H and O–H groups in total. The summed E-state index contributed by atoms with van der Waals surface area (Å²) in [4.78, 5) is 21.7. The van der Waals surface area contributed by atoms with Crippen molar-refractivity contribution in [2.24, 2.45) is 5.92 Å². The second-order valence-electron chi connectivity index (χ2n) is 10.6. The zero-order valence-electron chi connectivity index (χ0n) is 21.8. The molecule has 2 aliphatic rings. The number of pyridine rings is 1. The highest BCUT2D eigenvalue weighted by Gasteiger charge is 2.27. The van der Waals surface area contributed by atoms with Crippen molar-refractivity contribution in [1.82, 2.24) is 19.2 Å². The molecule has 1 amide bonds. The van der Waals surface area contributed by atoms with E-state index < -0.39 is 0 Å². The summed E-state index contributed by atoms with van der Waals surface area (Å²) in [7, 11) is 0. The minimum Gasteiger partial charge on any atom is -0.342 e. The molecule has 0 radical (unpaired) electrons. The average Bonchev–Trinajstić information content (AvgIpc) is 3.00. The number of allylic oxidation sites excluding steroid dienone is 4. The number of halogens is 1. The van der Waals surface area contributed by atoms with Gasteiger partial charge in [-0.15, -0.1) is 11.6 Å². The normalized spacial score (nSPS) is 19.1. The molecule has 2 aromatic rings. The number of amides is 1. The molecule has 0 bridgehead atoms. The van der Waals surface area contributed by atoms with Crippen LogP contribution in [0, 0.1) is 5.92 Å². The first kappa shape index (κ1) is 26.0. The summed E-state index contributed by atoms with van der Waals surface area (Å²) in [5.74, 6) is 1.02. The fraction of sp³-hybridized carbons (Fsp3) is 0.586. The summed E-state index contributed by atoms with van der Waals surface area (Å²) in [6.07, 6.45) is 14.4. The van der Waals surface area contributed by atoms with Crippen LogP contribution in [0.5, 0.6) is 0 Å². The molecule has 1 aliphatic heterocycles. The predicted molar refractivity (Wildman–Crippen MR) is 146 cm³/mol. The minimum atomic E-state index is 0.163. The highest BCUT2D eigenvalue weighted by atomic mass is 35.5. The van der Waals surface area contributed by atoms with E-state index in [9.17, 15) is 4.79 Å². The first-order valence-electron chi connectivity index (χ1n) is 13.3. The molecular weight excluding hydrogens is 456 g/mol. The maximum atomic E-state index is 12.0. The number of carbonyl (C=O) groups excluding carboxylic acids is 1. The summed E-state index contributed by atoms with van der Waals surface area (Å²) in [5, 5.41) is 0.163. The zero-order chi connectivity index (χ0) is 24.9. The minimum absolute atomic E-state index is 0.163. The molecule has 35 heavy (non-hydrogen) atoms. The molecule has 0 spiro atoms. The van der Waals surface area contributed by atoms with Gasteiger partial charge in [-0.2, -0.15) is 0 Å². The fourth-order valence-corrected chi connectivity index (χ4v) is 5.54. The average molecular weight is 497 g/mol.